The SMILES string of the molecule is COc1cc(N2CCc3nc(NC(=O)Nc4ccccc4OCC(C)C)sc3C2)nc(OC)n1. The summed E-state index contributed by atoms with van der Waals surface area (Å²) in [6, 6.07) is 9.04. The maximum atomic E-state index is 12.6. The van der Waals surface area contributed by atoms with Gasteiger partial charge in [0.1, 0.15) is 11.6 Å². The molecule has 0 atom stereocenters. The predicted molar refractivity (Wildman–Crippen MR) is 131 cm³/mol. The van der Waals surface area contributed by atoms with Crippen molar-refractivity contribution in [3.8, 4) is 17.6 Å². The van der Waals surface area contributed by atoms with Gasteiger partial charge < -0.3 is 24.4 Å². The molecule has 3 aromatic rings. The molecule has 180 valence electrons. The van der Waals surface area contributed by atoms with E-state index in [4.69, 9.17) is 14.2 Å². The highest BCUT2D eigenvalue weighted by Crippen LogP contribution is 2.32. The van der Waals surface area contributed by atoms with Crippen LogP contribution >= 0.6 is 11.3 Å². The summed E-state index contributed by atoms with van der Waals surface area (Å²) in [6.45, 7) is 6.07. The van der Waals surface area contributed by atoms with Crippen LogP contribution in [0.4, 0.5) is 21.4 Å². The maximum Gasteiger partial charge on any atom is 0.325 e. The van der Waals surface area contributed by atoms with Crippen molar-refractivity contribution in [2.45, 2.75) is 26.8 Å². The summed E-state index contributed by atoms with van der Waals surface area (Å²) in [7, 11) is 3.08. The average Bonchev–Trinajstić information content (AvgIpc) is 3.24. The predicted octanol–water partition coefficient (Wildman–Crippen LogP) is 4.19. The van der Waals surface area contributed by atoms with Crippen molar-refractivity contribution >= 4 is 34.0 Å². The van der Waals surface area contributed by atoms with Gasteiger partial charge in [0.05, 0.1) is 38.8 Å². The normalized spacial score (nSPS) is 12.8. The smallest absolute Gasteiger partial charge is 0.325 e. The van der Waals surface area contributed by atoms with Gasteiger partial charge in [0.15, 0.2) is 5.13 Å². The topological polar surface area (TPSA) is 111 Å². The lowest BCUT2D eigenvalue weighted by Crippen LogP contribution is -2.30. The van der Waals surface area contributed by atoms with E-state index in [0.29, 0.717) is 47.3 Å². The van der Waals surface area contributed by atoms with Gasteiger partial charge in [-0.1, -0.05) is 37.3 Å². The molecule has 0 radical (unpaired) electrons. The maximum absolute atomic E-state index is 12.6. The summed E-state index contributed by atoms with van der Waals surface area (Å²) in [5.41, 5.74) is 1.59. The molecule has 10 nitrogen and oxygen atoms in total. The third kappa shape index (κ3) is 5.66. The highest BCUT2D eigenvalue weighted by Gasteiger charge is 2.23. The number of fused-ring (bicyclic) bond motifs is 1. The van der Waals surface area contributed by atoms with Crippen molar-refractivity contribution in [3.05, 3.63) is 40.9 Å². The van der Waals surface area contributed by atoms with Crippen molar-refractivity contribution in [2.75, 3.05) is 42.9 Å². The van der Waals surface area contributed by atoms with Crippen LogP contribution in [-0.4, -0.2) is 48.4 Å². The van der Waals surface area contributed by atoms with Gasteiger partial charge >= 0.3 is 12.0 Å². The van der Waals surface area contributed by atoms with Crippen molar-refractivity contribution in [1.82, 2.24) is 15.0 Å². The molecule has 0 unspecified atom stereocenters. The van der Waals surface area contributed by atoms with E-state index in [1.807, 2.05) is 24.3 Å². The molecule has 1 aliphatic heterocycles. The first-order chi connectivity index (χ1) is 16.4. The Bertz CT molecular complexity index is 1130. The van der Waals surface area contributed by atoms with Gasteiger partial charge in [-0.25, -0.2) is 9.78 Å². The van der Waals surface area contributed by atoms with E-state index in [9.17, 15) is 4.79 Å². The zero-order chi connectivity index (χ0) is 24.1. The van der Waals surface area contributed by atoms with E-state index < -0.39 is 0 Å². The number of amides is 2. The largest absolute Gasteiger partial charge is 0.491 e. The second kappa shape index (κ2) is 10.6. The number of aromatic nitrogens is 3. The number of methoxy groups -OCH3 is 2. The van der Waals surface area contributed by atoms with Crippen LogP contribution in [0.15, 0.2) is 30.3 Å². The zero-order valence-electron chi connectivity index (χ0n) is 19.6. The molecule has 1 aliphatic rings. The zero-order valence-corrected chi connectivity index (χ0v) is 20.4. The van der Waals surface area contributed by atoms with Crippen LogP contribution in [0.25, 0.3) is 0 Å². The Morgan fingerprint density at radius 3 is 2.74 bits per heavy atom. The lowest BCUT2D eigenvalue weighted by molar-refractivity contribution is 0.260. The Hall–Kier alpha value is -3.60. The monoisotopic (exact) mass is 484 g/mol. The molecule has 0 saturated heterocycles. The van der Waals surface area contributed by atoms with Crippen LogP contribution < -0.4 is 29.7 Å². The number of carbonyl (C=O) groups is 1. The van der Waals surface area contributed by atoms with E-state index in [-0.39, 0.29) is 12.0 Å². The number of benzene rings is 1. The quantitative estimate of drug-likeness (QED) is 0.490. The van der Waals surface area contributed by atoms with Crippen LogP contribution in [-0.2, 0) is 13.0 Å². The fraction of sp³-hybridized carbons (Fsp3) is 0.391. The fourth-order valence-corrected chi connectivity index (χ4v) is 4.42. The summed E-state index contributed by atoms with van der Waals surface area (Å²) in [5, 5.41) is 6.25. The number of anilines is 3. The van der Waals surface area contributed by atoms with Crippen LogP contribution in [0.2, 0.25) is 0 Å². The van der Waals surface area contributed by atoms with E-state index in [1.54, 1.807) is 13.2 Å². The van der Waals surface area contributed by atoms with Crippen molar-refractivity contribution in [1.29, 1.82) is 0 Å². The molecule has 0 fully saturated rings. The molecule has 34 heavy (non-hydrogen) atoms. The van der Waals surface area contributed by atoms with E-state index in [0.717, 1.165) is 23.5 Å². The van der Waals surface area contributed by atoms with Gasteiger partial charge in [-0.3, -0.25) is 5.32 Å². The second-order valence-electron chi connectivity index (χ2n) is 8.10. The highest BCUT2D eigenvalue weighted by molar-refractivity contribution is 7.15. The number of ether oxygens (including phenoxy) is 3. The van der Waals surface area contributed by atoms with E-state index in [1.165, 1.54) is 18.4 Å². The number of carbonyl (C=O) groups excluding carboxylic acids is 1. The fourth-order valence-electron chi connectivity index (χ4n) is 3.40. The van der Waals surface area contributed by atoms with Crippen LogP contribution in [0.1, 0.15) is 24.4 Å². The lowest BCUT2D eigenvalue weighted by Gasteiger charge is -2.27. The second-order valence-corrected chi connectivity index (χ2v) is 9.18. The summed E-state index contributed by atoms with van der Waals surface area (Å²) >= 11 is 1.45. The van der Waals surface area contributed by atoms with Gasteiger partial charge in [0, 0.05) is 23.9 Å². The summed E-state index contributed by atoms with van der Waals surface area (Å²) in [6.07, 6.45) is 0.732. The third-order valence-electron chi connectivity index (χ3n) is 5.04. The number of hydrogen-bond acceptors (Lipinski definition) is 9. The number of urea groups is 1. The minimum Gasteiger partial charge on any atom is -0.491 e. The first kappa shape index (κ1) is 23.6. The van der Waals surface area contributed by atoms with Gasteiger partial charge in [-0.15, -0.1) is 0 Å². The summed E-state index contributed by atoms with van der Waals surface area (Å²) in [5.74, 6) is 2.17. The molecule has 2 N–H and O–H groups in total. The summed E-state index contributed by atoms with van der Waals surface area (Å²) in [4.78, 5) is 29.0. The third-order valence-corrected chi connectivity index (χ3v) is 6.04. The molecular weight excluding hydrogens is 456 g/mol. The minimum atomic E-state index is -0.367. The van der Waals surface area contributed by atoms with Crippen LogP contribution in [0.3, 0.4) is 0 Å². The Labute approximate surface area is 202 Å². The van der Waals surface area contributed by atoms with E-state index in [2.05, 4.69) is 44.3 Å². The number of rotatable bonds is 8. The van der Waals surface area contributed by atoms with Gasteiger partial charge in [0.2, 0.25) is 5.88 Å². The van der Waals surface area contributed by atoms with Gasteiger partial charge in [-0.05, 0) is 18.1 Å². The van der Waals surface area contributed by atoms with Crippen LogP contribution in [0, 0.1) is 5.92 Å². The average molecular weight is 485 g/mol. The molecule has 2 amide bonds. The molecule has 11 heteroatoms. The highest BCUT2D eigenvalue weighted by atomic mass is 32.1. The summed E-state index contributed by atoms with van der Waals surface area (Å²) < 4.78 is 16.3. The lowest BCUT2D eigenvalue weighted by atomic mass is 10.2. The number of hydrogen-bond donors (Lipinski definition) is 2. The van der Waals surface area contributed by atoms with Gasteiger partial charge in [0.25, 0.3) is 0 Å². The van der Waals surface area contributed by atoms with Crippen molar-refractivity contribution in [3.63, 3.8) is 0 Å². The van der Waals surface area contributed by atoms with Crippen molar-refractivity contribution in [2.24, 2.45) is 5.92 Å². The standard InChI is InChI=1S/C23H28N6O4S/c1-14(2)13-33-17-8-6-5-7-15(17)24-21(30)28-23-25-16-9-10-29(12-18(16)34-23)19-11-20(31-3)27-22(26-19)32-4/h5-8,11,14H,9-10,12-13H2,1-4H3,(H2,24,25,28,30). The minimum absolute atomic E-state index is 0.251. The molecule has 2 aromatic heterocycles. The Balaban J connectivity index is 1.42. The molecule has 0 aliphatic carbocycles. The van der Waals surface area contributed by atoms with Crippen LogP contribution in [0.5, 0.6) is 17.6 Å². The first-order valence-corrected chi connectivity index (χ1v) is 11.8. The van der Waals surface area contributed by atoms with E-state index >= 15 is 0 Å². The number of thiazole rings is 1. The molecule has 0 saturated carbocycles. The number of nitrogens with one attached hydrogen (secondary N) is 2. The molecule has 3 heterocycles. The van der Waals surface area contributed by atoms with Crippen molar-refractivity contribution < 1.29 is 19.0 Å². The molecule has 1 aromatic carbocycles. The Kier molecular flexibility index (Phi) is 7.31. The molecular formula is C23H28N6O4S. The first-order valence-electron chi connectivity index (χ1n) is 11.0. The Morgan fingerprint density at radius 2 is 1.97 bits per heavy atom. The molecule has 4 rings (SSSR count). The Morgan fingerprint density at radius 1 is 1.15 bits per heavy atom. The molecule has 0 bridgehead atoms. The molecule has 0 spiro atoms. The van der Waals surface area contributed by atoms with Gasteiger partial charge in [-0.2, -0.15) is 9.97 Å². The number of nitrogens with zero attached hydrogens (tertiary/aromatic N) is 4. The number of para-hydroxylation sites is 2.